The topological polar surface area (TPSA) is 76.2 Å². The Morgan fingerprint density at radius 3 is 2.93 bits per heavy atom. The van der Waals surface area contributed by atoms with Gasteiger partial charge in [0.2, 0.25) is 0 Å². The van der Waals surface area contributed by atoms with Crippen LogP contribution in [0.4, 0.5) is 4.39 Å². The van der Waals surface area contributed by atoms with Gasteiger partial charge in [0.1, 0.15) is 5.82 Å². The zero-order valence-electron chi connectivity index (χ0n) is 7.48. The summed E-state index contributed by atoms with van der Waals surface area (Å²) >= 11 is 0. The third-order valence-corrected chi connectivity index (χ3v) is 1.82. The highest BCUT2D eigenvalue weighted by Crippen LogP contribution is 2.15. The molecule has 1 aromatic rings. The van der Waals surface area contributed by atoms with Gasteiger partial charge in [0.15, 0.2) is 0 Å². The van der Waals surface area contributed by atoms with Crippen LogP contribution in [-0.2, 0) is 4.79 Å². The maximum Gasteiger partial charge on any atom is 0.303 e. The van der Waals surface area contributed by atoms with Crippen molar-refractivity contribution in [2.45, 2.75) is 18.9 Å². The molecule has 1 atom stereocenters. The maximum atomic E-state index is 12.7. The second kappa shape index (κ2) is 4.66. The number of carboxylic acids is 1. The Hall–Kier alpha value is -1.49. The molecule has 0 spiro atoms. The number of hydrogen-bond donors (Lipinski definition) is 2. The van der Waals surface area contributed by atoms with E-state index in [1.54, 1.807) is 0 Å². The van der Waals surface area contributed by atoms with Crippen molar-refractivity contribution in [3.8, 4) is 0 Å². The Labute approximate surface area is 80.6 Å². The summed E-state index contributed by atoms with van der Waals surface area (Å²) in [6, 6.07) is 0.786. The number of hydrogen-bond acceptors (Lipinski definition) is 3. The van der Waals surface area contributed by atoms with Gasteiger partial charge in [0, 0.05) is 18.7 Å². The van der Waals surface area contributed by atoms with Crippen LogP contribution in [0.1, 0.15) is 24.4 Å². The lowest BCUT2D eigenvalue weighted by Crippen LogP contribution is -2.12. The Morgan fingerprint density at radius 2 is 2.36 bits per heavy atom. The average molecular weight is 198 g/mol. The first kappa shape index (κ1) is 10.6. The van der Waals surface area contributed by atoms with Gasteiger partial charge in [-0.15, -0.1) is 0 Å². The quantitative estimate of drug-likeness (QED) is 0.759. The molecule has 1 heterocycles. The normalized spacial score (nSPS) is 12.4. The van der Waals surface area contributed by atoms with Crippen LogP contribution in [0, 0.1) is 5.82 Å². The highest BCUT2D eigenvalue weighted by atomic mass is 19.1. The molecule has 0 aliphatic carbocycles. The molecule has 0 fully saturated rings. The summed E-state index contributed by atoms with van der Waals surface area (Å²) in [7, 11) is 0. The van der Waals surface area contributed by atoms with E-state index in [1.165, 1.54) is 12.3 Å². The van der Waals surface area contributed by atoms with Crippen molar-refractivity contribution >= 4 is 5.97 Å². The van der Waals surface area contributed by atoms with Crippen LogP contribution < -0.4 is 5.73 Å². The SMILES string of the molecule is NC(CCC(=O)O)c1cncc(F)c1. The predicted octanol–water partition coefficient (Wildman–Crippen LogP) is 1.09. The summed E-state index contributed by atoms with van der Waals surface area (Å²) in [4.78, 5) is 13.9. The number of carboxylic acid groups (broad SMARTS) is 1. The molecule has 76 valence electrons. The van der Waals surface area contributed by atoms with E-state index in [0.717, 1.165) is 6.20 Å². The predicted molar refractivity (Wildman–Crippen MR) is 48.0 cm³/mol. The molecular formula is C9H11FN2O2. The Morgan fingerprint density at radius 1 is 1.64 bits per heavy atom. The summed E-state index contributed by atoms with van der Waals surface area (Å²) in [5.74, 6) is -1.38. The van der Waals surface area contributed by atoms with Crippen LogP contribution in [0.3, 0.4) is 0 Å². The number of aliphatic carboxylic acids is 1. The molecule has 0 saturated carbocycles. The Bertz CT molecular complexity index is 330. The van der Waals surface area contributed by atoms with E-state index in [1.807, 2.05) is 0 Å². The number of aromatic nitrogens is 1. The summed E-state index contributed by atoms with van der Waals surface area (Å²) in [5.41, 5.74) is 6.16. The van der Waals surface area contributed by atoms with E-state index in [9.17, 15) is 9.18 Å². The maximum absolute atomic E-state index is 12.7. The van der Waals surface area contributed by atoms with Crippen molar-refractivity contribution in [3.05, 3.63) is 29.8 Å². The van der Waals surface area contributed by atoms with Gasteiger partial charge >= 0.3 is 5.97 Å². The van der Waals surface area contributed by atoms with Crippen molar-refractivity contribution in [1.82, 2.24) is 4.98 Å². The molecule has 0 radical (unpaired) electrons. The second-order valence-corrected chi connectivity index (χ2v) is 2.98. The lowest BCUT2D eigenvalue weighted by atomic mass is 10.1. The van der Waals surface area contributed by atoms with Crippen LogP contribution in [-0.4, -0.2) is 16.1 Å². The van der Waals surface area contributed by atoms with Crippen molar-refractivity contribution in [3.63, 3.8) is 0 Å². The second-order valence-electron chi connectivity index (χ2n) is 2.98. The molecule has 0 amide bonds. The van der Waals surface area contributed by atoms with Gasteiger partial charge in [-0.2, -0.15) is 0 Å². The fourth-order valence-corrected chi connectivity index (χ4v) is 1.08. The Kier molecular flexibility index (Phi) is 3.53. The number of nitrogens with two attached hydrogens (primary N) is 1. The number of rotatable bonds is 4. The van der Waals surface area contributed by atoms with Crippen molar-refractivity contribution < 1.29 is 14.3 Å². The van der Waals surface area contributed by atoms with E-state index in [0.29, 0.717) is 5.56 Å². The fourth-order valence-electron chi connectivity index (χ4n) is 1.08. The zero-order valence-corrected chi connectivity index (χ0v) is 7.48. The third kappa shape index (κ3) is 3.10. The van der Waals surface area contributed by atoms with Gasteiger partial charge in [-0.3, -0.25) is 9.78 Å². The van der Waals surface area contributed by atoms with Gasteiger partial charge in [0.25, 0.3) is 0 Å². The van der Waals surface area contributed by atoms with Gasteiger partial charge in [-0.25, -0.2) is 4.39 Å². The minimum absolute atomic E-state index is 0.0301. The first-order chi connectivity index (χ1) is 6.59. The number of pyridine rings is 1. The number of nitrogens with zero attached hydrogens (tertiary/aromatic N) is 1. The molecule has 1 aromatic heterocycles. The lowest BCUT2D eigenvalue weighted by molar-refractivity contribution is -0.137. The van der Waals surface area contributed by atoms with E-state index < -0.39 is 17.8 Å². The number of halogens is 1. The van der Waals surface area contributed by atoms with Crippen LogP contribution in [0.15, 0.2) is 18.5 Å². The third-order valence-electron chi connectivity index (χ3n) is 1.82. The van der Waals surface area contributed by atoms with E-state index in [4.69, 9.17) is 10.8 Å². The van der Waals surface area contributed by atoms with Crippen molar-refractivity contribution in [2.75, 3.05) is 0 Å². The average Bonchev–Trinajstić information content (AvgIpc) is 2.14. The molecule has 0 aliphatic heterocycles. The van der Waals surface area contributed by atoms with Gasteiger partial charge in [0.05, 0.1) is 6.20 Å². The van der Waals surface area contributed by atoms with Crippen LogP contribution in [0.2, 0.25) is 0 Å². The van der Waals surface area contributed by atoms with E-state index >= 15 is 0 Å². The summed E-state index contributed by atoms with van der Waals surface area (Å²) in [6.07, 6.45) is 2.77. The van der Waals surface area contributed by atoms with E-state index in [-0.39, 0.29) is 12.8 Å². The lowest BCUT2D eigenvalue weighted by Gasteiger charge is -2.09. The van der Waals surface area contributed by atoms with Crippen molar-refractivity contribution in [2.24, 2.45) is 5.73 Å². The van der Waals surface area contributed by atoms with Gasteiger partial charge in [-0.05, 0) is 18.1 Å². The number of carbonyl (C=O) groups is 1. The summed E-state index contributed by atoms with van der Waals surface area (Å²) in [5, 5.41) is 8.42. The first-order valence-electron chi connectivity index (χ1n) is 4.17. The fraction of sp³-hybridized carbons (Fsp3) is 0.333. The standard InChI is InChI=1S/C9H11FN2O2/c10-7-3-6(4-12-5-7)8(11)1-2-9(13)14/h3-5,8H,1-2,11H2,(H,13,14). The van der Waals surface area contributed by atoms with Gasteiger partial charge in [-0.1, -0.05) is 0 Å². The molecule has 5 heteroatoms. The van der Waals surface area contributed by atoms with Crippen LogP contribution in [0.5, 0.6) is 0 Å². The molecule has 1 unspecified atom stereocenters. The molecule has 0 bridgehead atoms. The van der Waals surface area contributed by atoms with Crippen molar-refractivity contribution in [1.29, 1.82) is 0 Å². The monoisotopic (exact) mass is 198 g/mol. The molecular weight excluding hydrogens is 187 g/mol. The molecule has 0 aromatic carbocycles. The zero-order chi connectivity index (χ0) is 10.6. The minimum Gasteiger partial charge on any atom is -0.481 e. The highest BCUT2D eigenvalue weighted by molar-refractivity contribution is 5.66. The highest BCUT2D eigenvalue weighted by Gasteiger charge is 2.09. The van der Waals surface area contributed by atoms with Gasteiger partial charge < -0.3 is 10.8 Å². The van der Waals surface area contributed by atoms with Crippen LogP contribution >= 0.6 is 0 Å². The minimum atomic E-state index is -0.912. The molecule has 0 aliphatic rings. The molecule has 4 nitrogen and oxygen atoms in total. The summed E-state index contributed by atoms with van der Waals surface area (Å²) < 4.78 is 12.7. The molecule has 3 N–H and O–H groups in total. The largest absolute Gasteiger partial charge is 0.481 e. The molecule has 14 heavy (non-hydrogen) atoms. The summed E-state index contributed by atoms with van der Waals surface area (Å²) in [6.45, 7) is 0. The Balaban J connectivity index is 2.60. The smallest absolute Gasteiger partial charge is 0.303 e. The molecule has 0 saturated heterocycles. The van der Waals surface area contributed by atoms with Crippen LogP contribution in [0.25, 0.3) is 0 Å². The first-order valence-corrected chi connectivity index (χ1v) is 4.17. The molecule has 1 rings (SSSR count). The van der Waals surface area contributed by atoms with E-state index in [2.05, 4.69) is 4.98 Å².